The van der Waals surface area contributed by atoms with Crippen LogP contribution in [0.15, 0.2) is 10.9 Å². The van der Waals surface area contributed by atoms with Crippen LogP contribution in [-0.2, 0) is 0 Å². The number of methoxy groups -OCH3 is 1. The van der Waals surface area contributed by atoms with Crippen LogP contribution in [0.4, 0.5) is 8.78 Å². The Morgan fingerprint density at radius 2 is 2.21 bits per heavy atom. The maximum absolute atomic E-state index is 12.2. The van der Waals surface area contributed by atoms with Crippen LogP contribution in [0, 0.1) is 0 Å². The SMILES string of the molecule is COc1c(C=O)[nH]c(C(F)F)cc1=O. The zero-order valence-corrected chi connectivity index (χ0v) is 7.21. The molecule has 0 atom stereocenters. The molecule has 6 heteroatoms. The molecule has 76 valence electrons. The van der Waals surface area contributed by atoms with Crippen LogP contribution >= 0.6 is 0 Å². The Hall–Kier alpha value is -1.72. The van der Waals surface area contributed by atoms with Gasteiger partial charge in [-0.05, 0) is 0 Å². The number of aldehydes is 1. The van der Waals surface area contributed by atoms with E-state index in [-0.39, 0.29) is 17.7 Å². The highest BCUT2D eigenvalue weighted by atomic mass is 19.3. The van der Waals surface area contributed by atoms with E-state index in [2.05, 4.69) is 9.72 Å². The van der Waals surface area contributed by atoms with Crippen LogP contribution in [0.2, 0.25) is 0 Å². The molecule has 0 aromatic carbocycles. The lowest BCUT2D eigenvalue weighted by molar-refractivity contribution is 0.111. The number of pyridine rings is 1. The molecule has 0 saturated carbocycles. The number of rotatable bonds is 3. The van der Waals surface area contributed by atoms with Crippen LogP contribution in [0.5, 0.6) is 5.75 Å². The minimum absolute atomic E-state index is 0.256. The number of H-pyrrole nitrogens is 1. The van der Waals surface area contributed by atoms with Gasteiger partial charge in [0.1, 0.15) is 5.69 Å². The van der Waals surface area contributed by atoms with Gasteiger partial charge >= 0.3 is 0 Å². The van der Waals surface area contributed by atoms with Crippen molar-refractivity contribution in [3.63, 3.8) is 0 Å². The van der Waals surface area contributed by atoms with Crippen molar-refractivity contribution >= 4 is 6.29 Å². The summed E-state index contributed by atoms with van der Waals surface area (Å²) in [4.78, 5) is 23.6. The normalized spacial score (nSPS) is 10.3. The third kappa shape index (κ3) is 1.78. The maximum Gasteiger partial charge on any atom is 0.278 e. The van der Waals surface area contributed by atoms with Gasteiger partial charge in [-0.1, -0.05) is 0 Å². The molecule has 1 heterocycles. The quantitative estimate of drug-likeness (QED) is 0.749. The average molecular weight is 203 g/mol. The van der Waals surface area contributed by atoms with Crippen LogP contribution in [-0.4, -0.2) is 18.4 Å². The number of nitrogens with one attached hydrogen (secondary N) is 1. The molecule has 1 rings (SSSR count). The van der Waals surface area contributed by atoms with Gasteiger partial charge in [0, 0.05) is 6.07 Å². The van der Waals surface area contributed by atoms with E-state index in [0.29, 0.717) is 6.07 Å². The van der Waals surface area contributed by atoms with E-state index in [1.54, 1.807) is 0 Å². The summed E-state index contributed by atoms with van der Waals surface area (Å²) in [7, 11) is 1.18. The van der Waals surface area contributed by atoms with Gasteiger partial charge in [-0.3, -0.25) is 9.59 Å². The Morgan fingerprint density at radius 3 is 2.64 bits per heavy atom. The van der Waals surface area contributed by atoms with Crippen molar-refractivity contribution in [2.24, 2.45) is 0 Å². The first-order chi connectivity index (χ1) is 6.60. The zero-order chi connectivity index (χ0) is 10.7. The Balaban J connectivity index is 3.39. The predicted molar refractivity (Wildman–Crippen MR) is 44.0 cm³/mol. The fourth-order valence-corrected chi connectivity index (χ4v) is 0.999. The molecule has 0 bridgehead atoms. The number of ether oxygens (including phenoxy) is 1. The van der Waals surface area contributed by atoms with Crippen molar-refractivity contribution in [3.8, 4) is 5.75 Å². The van der Waals surface area contributed by atoms with E-state index in [1.807, 2.05) is 0 Å². The van der Waals surface area contributed by atoms with Crippen LogP contribution in [0.25, 0.3) is 0 Å². The maximum atomic E-state index is 12.2. The Bertz CT molecular complexity index is 400. The van der Waals surface area contributed by atoms with Crippen molar-refractivity contribution < 1.29 is 18.3 Å². The molecule has 0 saturated heterocycles. The molecule has 4 nitrogen and oxygen atoms in total. The third-order valence-electron chi connectivity index (χ3n) is 1.59. The molecule has 1 aromatic rings. The summed E-state index contributed by atoms with van der Waals surface area (Å²) in [6, 6.07) is 0.705. The summed E-state index contributed by atoms with van der Waals surface area (Å²) in [5.41, 5.74) is -1.63. The van der Waals surface area contributed by atoms with E-state index in [0.717, 1.165) is 0 Å². The van der Waals surface area contributed by atoms with Gasteiger partial charge in [0.25, 0.3) is 6.43 Å². The summed E-state index contributed by atoms with van der Waals surface area (Å²) in [5, 5.41) is 0. The highest BCUT2D eigenvalue weighted by molar-refractivity contribution is 5.76. The second-order valence-corrected chi connectivity index (χ2v) is 2.45. The molecular formula is C8H7F2NO3. The number of carbonyl (C=O) groups excluding carboxylic acids is 1. The molecular weight excluding hydrogens is 196 g/mol. The summed E-state index contributed by atoms with van der Waals surface area (Å²) >= 11 is 0. The number of aromatic nitrogens is 1. The van der Waals surface area contributed by atoms with E-state index in [1.165, 1.54) is 7.11 Å². The molecule has 0 fully saturated rings. The lowest BCUT2D eigenvalue weighted by atomic mass is 10.3. The van der Waals surface area contributed by atoms with Crippen molar-refractivity contribution in [2.45, 2.75) is 6.43 Å². The Morgan fingerprint density at radius 1 is 1.57 bits per heavy atom. The number of alkyl halides is 2. The first-order valence-corrected chi connectivity index (χ1v) is 3.64. The molecule has 0 aliphatic heterocycles. The topological polar surface area (TPSA) is 59.2 Å². The number of halogens is 2. The summed E-state index contributed by atoms with van der Waals surface area (Å²) in [6.07, 6.45) is -2.57. The van der Waals surface area contributed by atoms with E-state index >= 15 is 0 Å². The van der Waals surface area contributed by atoms with Crippen LogP contribution in [0.1, 0.15) is 22.6 Å². The van der Waals surface area contributed by atoms with Crippen molar-refractivity contribution in [3.05, 3.63) is 27.7 Å². The predicted octanol–water partition coefficient (Wildman–Crippen LogP) is 1.13. The molecule has 0 aliphatic carbocycles. The fraction of sp³-hybridized carbons (Fsp3) is 0.250. The second-order valence-electron chi connectivity index (χ2n) is 2.45. The molecule has 14 heavy (non-hydrogen) atoms. The summed E-state index contributed by atoms with van der Waals surface area (Å²) in [6.45, 7) is 0. The van der Waals surface area contributed by atoms with Gasteiger partial charge in [0.15, 0.2) is 12.0 Å². The monoisotopic (exact) mass is 203 g/mol. The average Bonchev–Trinajstić information content (AvgIpc) is 2.16. The highest BCUT2D eigenvalue weighted by Gasteiger charge is 2.14. The molecule has 0 amide bonds. The first kappa shape index (κ1) is 10.4. The zero-order valence-electron chi connectivity index (χ0n) is 7.21. The Kier molecular flexibility index (Phi) is 2.95. The molecule has 0 spiro atoms. The molecule has 0 unspecified atom stereocenters. The highest BCUT2D eigenvalue weighted by Crippen LogP contribution is 2.17. The van der Waals surface area contributed by atoms with Gasteiger partial charge in [-0.2, -0.15) is 0 Å². The van der Waals surface area contributed by atoms with Crippen molar-refractivity contribution in [1.29, 1.82) is 0 Å². The molecule has 1 aromatic heterocycles. The number of hydrogen-bond acceptors (Lipinski definition) is 3. The minimum Gasteiger partial charge on any atom is -0.491 e. The fourth-order valence-electron chi connectivity index (χ4n) is 0.999. The summed E-state index contributed by atoms with van der Waals surface area (Å²) < 4.78 is 28.9. The van der Waals surface area contributed by atoms with Gasteiger partial charge in [-0.25, -0.2) is 8.78 Å². The van der Waals surface area contributed by atoms with E-state index in [9.17, 15) is 18.4 Å². The van der Waals surface area contributed by atoms with E-state index < -0.39 is 17.5 Å². The van der Waals surface area contributed by atoms with Gasteiger partial charge in [0.05, 0.1) is 12.8 Å². The molecule has 1 N–H and O–H groups in total. The molecule has 0 aliphatic rings. The standard InChI is InChI=1S/C8H7F2NO3/c1-14-7-5(3-12)11-4(8(9)10)2-6(7)13/h2-3,8H,1H3,(H,11,13). The summed E-state index contributed by atoms with van der Waals surface area (Å²) in [5.74, 6) is -0.260. The number of hydrogen-bond donors (Lipinski definition) is 1. The van der Waals surface area contributed by atoms with Crippen molar-refractivity contribution in [1.82, 2.24) is 4.98 Å². The van der Waals surface area contributed by atoms with Crippen LogP contribution < -0.4 is 10.2 Å². The largest absolute Gasteiger partial charge is 0.491 e. The lowest BCUT2D eigenvalue weighted by Crippen LogP contribution is -2.12. The third-order valence-corrected chi connectivity index (χ3v) is 1.59. The van der Waals surface area contributed by atoms with Crippen molar-refractivity contribution in [2.75, 3.05) is 7.11 Å². The number of carbonyl (C=O) groups is 1. The van der Waals surface area contributed by atoms with Gasteiger partial charge < -0.3 is 9.72 Å². The Labute approximate surface area is 77.5 Å². The van der Waals surface area contributed by atoms with Crippen LogP contribution in [0.3, 0.4) is 0 Å². The first-order valence-electron chi connectivity index (χ1n) is 3.64. The second kappa shape index (κ2) is 3.99. The number of aromatic amines is 1. The molecule has 0 radical (unpaired) electrons. The van der Waals surface area contributed by atoms with Gasteiger partial charge in [-0.15, -0.1) is 0 Å². The van der Waals surface area contributed by atoms with Gasteiger partial charge in [0.2, 0.25) is 5.43 Å². The smallest absolute Gasteiger partial charge is 0.278 e. The lowest BCUT2D eigenvalue weighted by Gasteiger charge is -2.05. The van der Waals surface area contributed by atoms with E-state index in [4.69, 9.17) is 0 Å². The minimum atomic E-state index is -2.83.